The van der Waals surface area contributed by atoms with Crippen molar-refractivity contribution in [2.45, 2.75) is 44.0 Å². The number of aryl methyl sites for hydroxylation is 1. The van der Waals surface area contributed by atoms with Crippen LogP contribution in [-0.4, -0.2) is 34.0 Å². The van der Waals surface area contributed by atoms with Gasteiger partial charge in [0, 0.05) is 30.8 Å². The molecule has 2 aromatic rings. The van der Waals surface area contributed by atoms with Crippen molar-refractivity contribution in [3.8, 4) is 5.75 Å². The fourth-order valence-corrected chi connectivity index (χ4v) is 4.10. The lowest BCUT2D eigenvalue weighted by Crippen LogP contribution is -2.40. The second kappa shape index (κ2) is 8.75. The van der Waals surface area contributed by atoms with Gasteiger partial charge in [0.25, 0.3) is 0 Å². The Morgan fingerprint density at radius 3 is 2.32 bits per heavy atom. The van der Waals surface area contributed by atoms with Gasteiger partial charge in [-0.15, -0.1) is 0 Å². The van der Waals surface area contributed by atoms with E-state index in [1.165, 1.54) is 0 Å². The highest BCUT2D eigenvalue weighted by atomic mass is 32.2. The molecule has 0 aromatic heterocycles. The van der Waals surface area contributed by atoms with E-state index in [4.69, 9.17) is 4.74 Å². The average Bonchev–Trinajstić information content (AvgIpc) is 2.64. The number of benzene rings is 2. The molecule has 0 atom stereocenters. The summed E-state index contributed by atoms with van der Waals surface area (Å²) in [6.07, 6.45) is 0.847. The van der Waals surface area contributed by atoms with Crippen molar-refractivity contribution < 1.29 is 17.9 Å². The summed E-state index contributed by atoms with van der Waals surface area (Å²) in [5.41, 5.74) is 1.12. The Morgan fingerprint density at radius 2 is 1.75 bits per heavy atom. The van der Waals surface area contributed by atoms with E-state index < -0.39 is 15.6 Å². The Kier molecular flexibility index (Phi) is 6.85. The molecule has 0 saturated carbocycles. The number of nitrogens with one attached hydrogen (secondary N) is 1. The van der Waals surface area contributed by atoms with E-state index in [0.29, 0.717) is 18.6 Å². The van der Waals surface area contributed by atoms with Crippen LogP contribution in [0.25, 0.3) is 0 Å². The molecule has 1 amide bonds. The van der Waals surface area contributed by atoms with Crippen molar-refractivity contribution >= 4 is 21.6 Å². The van der Waals surface area contributed by atoms with Crippen molar-refractivity contribution in [1.82, 2.24) is 4.72 Å². The molecule has 2 rings (SSSR count). The van der Waals surface area contributed by atoms with Crippen LogP contribution >= 0.6 is 0 Å². The van der Waals surface area contributed by atoms with Gasteiger partial charge in [-0.25, -0.2) is 13.1 Å². The normalized spacial score (nSPS) is 11.9. The number of amides is 1. The zero-order chi connectivity index (χ0) is 20.9. The third-order valence-corrected chi connectivity index (χ3v) is 5.89. The minimum absolute atomic E-state index is 0.0284. The van der Waals surface area contributed by atoms with Gasteiger partial charge in [-0.1, -0.05) is 18.2 Å². The maximum Gasteiger partial charge on any atom is 0.241 e. The van der Waals surface area contributed by atoms with Gasteiger partial charge in [0.15, 0.2) is 0 Å². The zero-order valence-electron chi connectivity index (χ0n) is 17.0. The van der Waals surface area contributed by atoms with Gasteiger partial charge in [-0.2, -0.15) is 0 Å². The first kappa shape index (κ1) is 21.9. The summed E-state index contributed by atoms with van der Waals surface area (Å²) in [7, 11) is -0.247. The molecule has 0 aliphatic heterocycles. The number of nitrogens with zero attached hydrogens (tertiary/aromatic N) is 1. The summed E-state index contributed by atoms with van der Waals surface area (Å²) in [6, 6.07) is 13.9. The van der Waals surface area contributed by atoms with Crippen molar-refractivity contribution in [3.63, 3.8) is 0 Å². The minimum Gasteiger partial charge on any atom is -0.497 e. The summed E-state index contributed by atoms with van der Waals surface area (Å²) in [5.74, 6) is 0.664. The molecular weight excluding hydrogens is 376 g/mol. The van der Waals surface area contributed by atoms with Crippen molar-refractivity contribution in [2.75, 3.05) is 19.1 Å². The van der Waals surface area contributed by atoms with E-state index in [-0.39, 0.29) is 10.8 Å². The highest BCUT2D eigenvalue weighted by molar-refractivity contribution is 7.89. The van der Waals surface area contributed by atoms with Crippen LogP contribution in [0.1, 0.15) is 32.8 Å². The molecule has 152 valence electrons. The molecule has 0 heterocycles. The van der Waals surface area contributed by atoms with Crippen LogP contribution < -0.4 is 14.4 Å². The summed E-state index contributed by atoms with van der Waals surface area (Å²) in [5, 5.41) is 0. The lowest BCUT2D eigenvalue weighted by Gasteiger charge is -2.20. The van der Waals surface area contributed by atoms with Crippen LogP contribution in [0, 0.1) is 0 Å². The van der Waals surface area contributed by atoms with Crippen LogP contribution in [0.4, 0.5) is 5.69 Å². The van der Waals surface area contributed by atoms with Gasteiger partial charge in [-0.3, -0.25) is 4.79 Å². The Morgan fingerprint density at radius 1 is 1.11 bits per heavy atom. The van der Waals surface area contributed by atoms with E-state index in [1.54, 1.807) is 70.2 Å². The number of sulfonamides is 1. The molecule has 0 fully saturated rings. The van der Waals surface area contributed by atoms with Crippen LogP contribution in [0.5, 0.6) is 5.75 Å². The maximum absolute atomic E-state index is 12.5. The maximum atomic E-state index is 12.5. The number of hydrogen-bond donors (Lipinski definition) is 1. The van der Waals surface area contributed by atoms with Gasteiger partial charge in [0.1, 0.15) is 5.75 Å². The fourth-order valence-electron chi connectivity index (χ4n) is 2.68. The third-order valence-electron chi connectivity index (χ3n) is 4.12. The van der Waals surface area contributed by atoms with Crippen LogP contribution in [0.15, 0.2) is 53.4 Å². The molecule has 2 aromatic carbocycles. The first-order chi connectivity index (χ1) is 13.0. The molecule has 0 aliphatic carbocycles. The molecule has 0 radical (unpaired) electrons. The predicted molar refractivity (Wildman–Crippen MR) is 111 cm³/mol. The minimum atomic E-state index is -3.56. The quantitative estimate of drug-likeness (QED) is 0.768. The first-order valence-corrected chi connectivity index (χ1v) is 10.5. The van der Waals surface area contributed by atoms with Gasteiger partial charge in [0.2, 0.25) is 15.9 Å². The Balaban J connectivity index is 2.00. The number of anilines is 1. The van der Waals surface area contributed by atoms with E-state index in [1.807, 2.05) is 18.2 Å². The van der Waals surface area contributed by atoms with Crippen molar-refractivity contribution in [3.05, 3.63) is 54.1 Å². The van der Waals surface area contributed by atoms with E-state index in [9.17, 15) is 13.2 Å². The van der Waals surface area contributed by atoms with Gasteiger partial charge < -0.3 is 9.64 Å². The molecule has 6 nitrogen and oxygen atoms in total. The smallest absolute Gasteiger partial charge is 0.241 e. The monoisotopic (exact) mass is 404 g/mol. The lowest BCUT2D eigenvalue weighted by molar-refractivity contribution is -0.118. The third kappa shape index (κ3) is 6.07. The molecule has 0 unspecified atom stereocenters. The zero-order valence-corrected chi connectivity index (χ0v) is 17.8. The Labute approximate surface area is 167 Å². The van der Waals surface area contributed by atoms with E-state index >= 15 is 0 Å². The summed E-state index contributed by atoms with van der Waals surface area (Å²) < 4.78 is 32.5. The second-order valence-corrected chi connectivity index (χ2v) is 9.34. The molecule has 0 spiro atoms. The molecule has 0 aliphatic rings. The highest BCUT2D eigenvalue weighted by Gasteiger charge is 2.21. The van der Waals surface area contributed by atoms with Crippen LogP contribution in [0.3, 0.4) is 0 Å². The van der Waals surface area contributed by atoms with E-state index in [2.05, 4.69) is 4.72 Å². The second-order valence-electron chi connectivity index (χ2n) is 7.65. The predicted octanol–water partition coefficient (Wildman–Crippen LogP) is 3.37. The largest absolute Gasteiger partial charge is 0.497 e. The standard InChI is InChI=1S/C21H28N2O4S/c1-21(2,3)22-28(25,26)19-12-9-16(10-13-19)11-14-20(24)23(4)17-7-6-8-18(15-17)27-5/h6-10,12-13,15,22H,11,14H2,1-5H3. The number of carbonyl (C=O) groups excluding carboxylic acids is 1. The van der Waals surface area contributed by atoms with Gasteiger partial charge in [0.05, 0.1) is 12.0 Å². The van der Waals surface area contributed by atoms with Gasteiger partial charge >= 0.3 is 0 Å². The summed E-state index contributed by atoms with van der Waals surface area (Å²) in [6.45, 7) is 5.38. The molecule has 7 heteroatoms. The van der Waals surface area contributed by atoms with E-state index in [0.717, 1.165) is 11.3 Å². The SMILES string of the molecule is COc1cccc(N(C)C(=O)CCc2ccc(S(=O)(=O)NC(C)(C)C)cc2)c1. The number of rotatable bonds is 7. The molecule has 28 heavy (non-hydrogen) atoms. The Bertz CT molecular complexity index is 916. The Hall–Kier alpha value is -2.38. The molecule has 1 N–H and O–H groups in total. The average molecular weight is 405 g/mol. The first-order valence-electron chi connectivity index (χ1n) is 9.05. The van der Waals surface area contributed by atoms with Crippen LogP contribution in [0.2, 0.25) is 0 Å². The summed E-state index contributed by atoms with van der Waals surface area (Å²) in [4.78, 5) is 14.3. The van der Waals surface area contributed by atoms with Crippen molar-refractivity contribution in [2.24, 2.45) is 0 Å². The fraction of sp³-hybridized carbons (Fsp3) is 0.381. The highest BCUT2D eigenvalue weighted by Crippen LogP contribution is 2.21. The van der Waals surface area contributed by atoms with Crippen molar-refractivity contribution in [1.29, 1.82) is 0 Å². The molecule has 0 saturated heterocycles. The lowest BCUT2D eigenvalue weighted by atomic mass is 10.1. The molecule has 0 bridgehead atoms. The van der Waals surface area contributed by atoms with Crippen LogP contribution in [-0.2, 0) is 21.2 Å². The number of hydrogen-bond acceptors (Lipinski definition) is 4. The number of carbonyl (C=O) groups is 1. The molecular formula is C21H28N2O4S. The summed E-state index contributed by atoms with van der Waals surface area (Å²) >= 11 is 0. The van der Waals surface area contributed by atoms with Gasteiger partial charge in [-0.05, 0) is 57.0 Å². The number of methoxy groups -OCH3 is 1. The topological polar surface area (TPSA) is 75.7 Å². The number of ether oxygens (including phenoxy) is 1.